The summed E-state index contributed by atoms with van der Waals surface area (Å²) in [5, 5.41) is 0. The summed E-state index contributed by atoms with van der Waals surface area (Å²) >= 11 is 6.07. The van der Waals surface area contributed by atoms with Gasteiger partial charge in [-0.15, -0.1) is 0 Å². The highest BCUT2D eigenvalue weighted by molar-refractivity contribution is 9.11. The lowest BCUT2D eigenvalue weighted by molar-refractivity contribution is -0.140. The molecule has 0 radical (unpaired) electrons. The van der Waals surface area contributed by atoms with Crippen molar-refractivity contribution in [3.05, 3.63) is 37.9 Å². The monoisotopic (exact) mass is 469 g/mol. The molecule has 2 rings (SSSR count). The summed E-state index contributed by atoms with van der Waals surface area (Å²) in [4.78, 5) is 25.3. The molecular formula is C14H11Br2F2NO5. The van der Waals surface area contributed by atoms with E-state index >= 15 is 0 Å². The third-order valence-electron chi connectivity index (χ3n) is 3.19. The number of hydrogen-bond acceptors (Lipinski definition) is 6. The quantitative estimate of drug-likeness (QED) is 0.384. The predicted molar refractivity (Wildman–Crippen MR) is 86.1 cm³/mol. The normalized spacial score (nSPS) is 14.7. The molecule has 1 aliphatic heterocycles. The van der Waals surface area contributed by atoms with Gasteiger partial charge >= 0.3 is 11.9 Å². The fraction of sp³-hybridized carbons (Fsp3) is 0.286. The molecule has 10 heteroatoms. The van der Waals surface area contributed by atoms with Crippen LogP contribution < -0.4 is 4.90 Å². The maximum Gasteiger partial charge on any atom is 0.355 e. The number of hydrogen-bond donors (Lipinski definition) is 0. The van der Waals surface area contributed by atoms with E-state index < -0.39 is 23.6 Å². The number of carbonyl (C=O) groups excluding carboxylic acids is 2. The van der Waals surface area contributed by atoms with Crippen molar-refractivity contribution in [3.8, 4) is 0 Å². The highest BCUT2D eigenvalue weighted by Crippen LogP contribution is 2.40. The van der Waals surface area contributed by atoms with Gasteiger partial charge < -0.3 is 19.1 Å². The second kappa shape index (κ2) is 7.58. The van der Waals surface area contributed by atoms with Crippen LogP contribution in [0.1, 0.15) is 0 Å². The van der Waals surface area contributed by atoms with E-state index in [0.717, 1.165) is 20.3 Å². The van der Waals surface area contributed by atoms with Gasteiger partial charge in [-0.25, -0.2) is 18.4 Å². The molecule has 130 valence electrons. The Labute approximate surface area is 152 Å². The molecule has 0 aromatic heterocycles. The summed E-state index contributed by atoms with van der Waals surface area (Å²) in [7, 11) is 2.28. The molecule has 0 saturated carbocycles. The highest BCUT2D eigenvalue weighted by Gasteiger charge is 2.35. The zero-order valence-corrected chi connectivity index (χ0v) is 15.7. The van der Waals surface area contributed by atoms with Gasteiger partial charge in [0.25, 0.3) is 0 Å². The minimum atomic E-state index is -1.15. The lowest BCUT2D eigenvalue weighted by Crippen LogP contribution is -2.39. The van der Waals surface area contributed by atoms with Gasteiger partial charge in [-0.1, -0.05) is 0 Å². The van der Waals surface area contributed by atoms with Crippen molar-refractivity contribution in [1.29, 1.82) is 0 Å². The Bertz CT molecular complexity index is 738. The summed E-state index contributed by atoms with van der Waals surface area (Å²) < 4.78 is 41.9. The smallest absolute Gasteiger partial charge is 0.355 e. The van der Waals surface area contributed by atoms with Gasteiger partial charge in [-0.3, -0.25) is 0 Å². The lowest BCUT2D eigenvalue weighted by atomic mass is 10.1. The standard InChI is InChI=1S/C14H11Br2F2NO5/c1-22-13(20)6-4-24-5-19(11(6)14(21)23-2)12-7(15)3-8(17)10(18)9(12)16/h3H,4-5H2,1-2H3. The number of esters is 2. The van der Waals surface area contributed by atoms with Gasteiger partial charge in [0.05, 0.1) is 36.6 Å². The molecule has 0 spiro atoms. The van der Waals surface area contributed by atoms with Gasteiger partial charge in [0, 0.05) is 4.47 Å². The Balaban J connectivity index is 2.71. The van der Waals surface area contributed by atoms with Crippen molar-refractivity contribution >= 4 is 49.5 Å². The molecule has 0 saturated heterocycles. The molecule has 6 nitrogen and oxygen atoms in total. The number of anilines is 1. The molecule has 1 aromatic carbocycles. The summed E-state index contributed by atoms with van der Waals surface area (Å²) in [6, 6.07) is 0.900. The molecule has 0 fully saturated rings. The van der Waals surface area contributed by atoms with Crippen molar-refractivity contribution in [2.45, 2.75) is 0 Å². The van der Waals surface area contributed by atoms with E-state index in [0.29, 0.717) is 0 Å². The SMILES string of the molecule is COC(=O)C1=C(C(=O)OC)N(c2c(Br)cc(F)c(F)c2Br)COC1. The third-order valence-corrected chi connectivity index (χ3v) is 4.52. The Morgan fingerprint density at radius 3 is 2.42 bits per heavy atom. The number of halogens is 4. The molecule has 0 aliphatic carbocycles. The van der Waals surface area contributed by atoms with Crippen molar-refractivity contribution in [2.75, 3.05) is 32.5 Å². The first kappa shape index (κ1) is 18.8. The Morgan fingerprint density at radius 2 is 1.83 bits per heavy atom. The van der Waals surface area contributed by atoms with Crippen LogP contribution in [0, 0.1) is 11.6 Å². The summed E-state index contributed by atoms with van der Waals surface area (Å²) in [6.45, 7) is -0.375. The molecule has 1 heterocycles. The summed E-state index contributed by atoms with van der Waals surface area (Å²) in [5.41, 5.74) is -0.211. The van der Waals surface area contributed by atoms with Crippen LogP contribution in [0.3, 0.4) is 0 Å². The van der Waals surface area contributed by atoms with E-state index in [1.165, 1.54) is 4.90 Å². The van der Waals surface area contributed by atoms with Crippen molar-refractivity contribution < 1.29 is 32.6 Å². The Hall–Kier alpha value is -1.52. The Kier molecular flexibility index (Phi) is 5.94. The first-order chi connectivity index (χ1) is 11.3. The number of methoxy groups -OCH3 is 2. The van der Waals surface area contributed by atoms with Gasteiger partial charge in [0.2, 0.25) is 0 Å². The van der Waals surface area contributed by atoms with E-state index in [9.17, 15) is 18.4 Å². The summed E-state index contributed by atoms with van der Waals surface area (Å²) in [5.74, 6) is -3.88. The first-order valence-corrected chi connectivity index (χ1v) is 8.00. The van der Waals surface area contributed by atoms with Gasteiger partial charge in [0.1, 0.15) is 12.4 Å². The van der Waals surface area contributed by atoms with E-state index in [1.54, 1.807) is 0 Å². The maximum absolute atomic E-state index is 13.9. The lowest BCUT2D eigenvalue weighted by Gasteiger charge is -2.32. The van der Waals surface area contributed by atoms with Crippen LogP contribution in [0.15, 0.2) is 26.3 Å². The zero-order chi connectivity index (χ0) is 18.0. The number of ether oxygens (including phenoxy) is 3. The van der Waals surface area contributed by atoms with Gasteiger partial charge in [-0.2, -0.15) is 0 Å². The van der Waals surface area contributed by atoms with Crippen LogP contribution in [-0.2, 0) is 23.8 Å². The molecule has 1 aromatic rings. The molecule has 1 aliphatic rings. The van der Waals surface area contributed by atoms with E-state index in [2.05, 4.69) is 36.6 Å². The zero-order valence-electron chi connectivity index (χ0n) is 12.5. The van der Waals surface area contributed by atoms with Crippen LogP contribution >= 0.6 is 31.9 Å². The fourth-order valence-electron chi connectivity index (χ4n) is 2.12. The van der Waals surface area contributed by atoms with Crippen LogP contribution in [0.4, 0.5) is 14.5 Å². The number of nitrogens with zero attached hydrogens (tertiary/aromatic N) is 1. The van der Waals surface area contributed by atoms with E-state index in [1.807, 2.05) is 0 Å². The highest BCUT2D eigenvalue weighted by atomic mass is 79.9. The molecule has 0 atom stereocenters. The van der Waals surface area contributed by atoms with Crippen molar-refractivity contribution in [1.82, 2.24) is 0 Å². The van der Waals surface area contributed by atoms with E-state index in [-0.39, 0.29) is 39.2 Å². The van der Waals surface area contributed by atoms with Crippen molar-refractivity contribution in [2.24, 2.45) is 0 Å². The molecule has 24 heavy (non-hydrogen) atoms. The second-order valence-electron chi connectivity index (χ2n) is 4.53. The number of rotatable bonds is 3. The molecule has 0 unspecified atom stereocenters. The largest absolute Gasteiger partial charge is 0.466 e. The third kappa shape index (κ3) is 3.31. The first-order valence-electron chi connectivity index (χ1n) is 6.41. The average Bonchev–Trinajstić information content (AvgIpc) is 2.58. The second-order valence-corrected chi connectivity index (χ2v) is 6.18. The minimum Gasteiger partial charge on any atom is -0.466 e. The molecule has 0 amide bonds. The minimum absolute atomic E-state index is 0.0652. The maximum atomic E-state index is 13.9. The van der Waals surface area contributed by atoms with Crippen LogP contribution in [0.5, 0.6) is 0 Å². The molecule has 0 bridgehead atoms. The molecular weight excluding hydrogens is 460 g/mol. The topological polar surface area (TPSA) is 65.1 Å². The van der Waals surface area contributed by atoms with Crippen molar-refractivity contribution in [3.63, 3.8) is 0 Å². The number of carbonyl (C=O) groups is 2. The van der Waals surface area contributed by atoms with Gasteiger partial charge in [0.15, 0.2) is 11.6 Å². The average molecular weight is 471 g/mol. The Morgan fingerprint density at radius 1 is 1.21 bits per heavy atom. The summed E-state index contributed by atoms with van der Waals surface area (Å²) in [6.07, 6.45) is 0. The van der Waals surface area contributed by atoms with Crippen LogP contribution in [-0.4, -0.2) is 39.5 Å². The van der Waals surface area contributed by atoms with Crippen LogP contribution in [0.2, 0.25) is 0 Å². The predicted octanol–water partition coefficient (Wildman–Crippen LogP) is 2.88. The fourth-order valence-corrected chi connectivity index (χ4v) is 3.62. The van der Waals surface area contributed by atoms with Gasteiger partial charge in [-0.05, 0) is 37.9 Å². The molecule has 0 N–H and O–H groups in total. The van der Waals surface area contributed by atoms with Crippen LogP contribution in [0.25, 0.3) is 0 Å². The number of benzene rings is 1. The van der Waals surface area contributed by atoms with E-state index in [4.69, 9.17) is 9.47 Å².